The van der Waals surface area contributed by atoms with Crippen LogP contribution in [-0.2, 0) is 27.2 Å². The van der Waals surface area contributed by atoms with Crippen LogP contribution in [0.3, 0.4) is 0 Å². The minimum atomic E-state index is -0.786. The Balaban J connectivity index is 1.35. The highest BCUT2D eigenvalue weighted by molar-refractivity contribution is 5.99. The van der Waals surface area contributed by atoms with Crippen molar-refractivity contribution in [2.24, 2.45) is 0 Å². The number of H-pyrrole nitrogens is 1. The first-order valence-electron chi connectivity index (χ1n) is 9.27. The number of esters is 1. The number of carbonyl (C=O) groups excluding carboxylic acids is 2. The average molecular weight is 362 g/mol. The maximum absolute atomic E-state index is 12.7. The fourth-order valence-electron chi connectivity index (χ4n) is 3.67. The number of aromatic nitrogens is 1. The van der Waals surface area contributed by atoms with Crippen molar-refractivity contribution in [3.8, 4) is 0 Å². The largest absolute Gasteiger partial charge is 0.453 e. The summed E-state index contributed by atoms with van der Waals surface area (Å²) in [6, 6.07) is 15.8. The number of hydrogen-bond donors (Lipinski definition) is 1. The summed E-state index contributed by atoms with van der Waals surface area (Å²) in [5.41, 5.74) is 4.21. The highest BCUT2D eigenvalue weighted by atomic mass is 16.5. The molecule has 5 nitrogen and oxygen atoms in total. The van der Waals surface area contributed by atoms with E-state index in [0.29, 0.717) is 13.0 Å². The van der Waals surface area contributed by atoms with Crippen LogP contribution >= 0.6 is 0 Å². The molecule has 1 aromatic heterocycles. The number of nitrogens with zero attached hydrogens (tertiary/aromatic N) is 1. The summed E-state index contributed by atoms with van der Waals surface area (Å²) in [5, 5.41) is 1.11. The van der Waals surface area contributed by atoms with E-state index in [-0.39, 0.29) is 18.3 Å². The van der Waals surface area contributed by atoms with Crippen LogP contribution in [0.4, 0.5) is 5.69 Å². The summed E-state index contributed by atoms with van der Waals surface area (Å²) < 4.78 is 5.41. The molecule has 0 unspecified atom stereocenters. The van der Waals surface area contributed by atoms with E-state index in [1.54, 1.807) is 11.8 Å². The molecule has 0 aliphatic carbocycles. The molecule has 1 aliphatic heterocycles. The van der Waals surface area contributed by atoms with Crippen molar-refractivity contribution < 1.29 is 14.3 Å². The zero-order chi connectivity index (χ0) is 18.8. The third-order valence-electron chi connectivity index (χ3n) is 5.08. The number of hydrogen-bond acceptors (Lipinski definition) is 3. The zero-order valence-corrected chi connectivity index (χ0v) is 15.3. The average Bonchev–Trinajstić information content (AvgIpc) is 3.30. The molecule has 0 saturated heterocycles. The number of benzene rings is 2. The molecule has 3 aromatic rings. The van der Waals surface area contributed by atoms with Crippen molar-refractivity contribution in [2.75, 3.05) is 11.4 Å². The second-order valence-electron chi connectivity index (χ2n) is 6.86. The van der Waals surface area contributed by atoms with E-state index in [0.717, 1.165) is 34.1 Å². The number of para-hydroxylation sites is 2. The summed E-state index contributed by atoms with van der Waals surface area (Å²) in [6.45, 7) is 2.28. The zero-order valence-electron chi connectivity index (χ0n) is 15.3. The molecule has 2 heterocycles. The number of fused-ring (bicyclic) bond motifs is 2. The Morgan fingerprint density at radius 1 is 1.15 bits per heavy atom. The van der Waals surface area contributed by atoms with E-state index < -0.39 is 6.10 Å². The van der Waals surface area contributed by atoms with Crippen LogP contribution in [0.5, 0.6) is 0 Å². The van der Waals surface area contributed by atoms with Crippen molar-refractivity contribution in [2.45, 2.75) is 32.3 Å². The number of anilines is 1. The van der Waals surface area contributed by atoms with Gasteiger partial charge in [-0.3, -0.25) is 9.59 Å². The van der Waals surface area contributed by atoms with Crippen LogP contribution < -0.4 is 4.90 Å². The van der Waals surface area contributed by atoms with Crippen molar-refractivity contribution in [3.05, 3.63) is 65.9 Å². The number of rotatable bonds is 5. The first-order chi connectivity index (χ1) is 13.1. The monoisotopic (exact) mass is 362 g/mol. The second-order valence-corrected chi connectivity index (χ2v) is 6.86. The van der Waals surface area contributed by atoms with Crippen molar-refractivity contribution in [3.63, 3.8) is 0 Å². The van der Waals surface area contributed by atoms with E-state index in [1.807, 2.05) is 54.7 Å². The number of aromatic amines is 1. The summed E-state index contributed by atoms with van der Waals surface area (Å²) in [5.74, 6) is -0.519. The Morgan fingerprint density at radius 2 is 1.93 bits per heavy atom. The Labute approximate surface area is 157 Å². The number of amides is 1. The predicted molar refractivity (Wildman–Crippen MR) is 105 cm³/mol. The van der Waals surface area contributed by atoms with E-state index in [4.69, 9.17) is 4.74 Å². The van der Waals surface area contributed by atoms with Gasteiger partial charge in [-0.1, -0.05) is 36.4 Å². The van der Waals surface area contributed by atoms with Gasteiger partial charge >= 0.3 is 5.97 Å². The lowest BCUT2D eigenvalue weighted by molar-refractivity contribution is -0.153. The minimum absolute atomic E-state index is 0.166. The molecule has 0 spiro atoms. The van der Waals surface area contributed by atoms with Crippen LogP contribution in [0.25, 0.3) is 10.9 Å². The Kier molecular flexibility index (Phi) is 4.67. The van der Waals surface area contributed by atoms with Gasteiger partial charge in [-0.2, -0.15) is 0 Å². The van der Waals surface area contributed by atoms with Crippen molar-refractivity contribution in [1.29, 1.82) is 0 Å². The van der Waals surface area contributed by atoms with Gasteiger partial charge in [0.25, 0.3) is 5.91 Å². The van der Waals surface area contributed by atoms with Crippen LogP contribution in [0.15, 0.2) is 54.7 Å². The fourth-order valence-corrected chi connectivity index (χ4v) is 3.67. The molecule has 1 atom stereocenters. The second kappa shape index (κ2) is 7.27. The van der Waals surface area contributed by atoms with Gasteiger partial charge in [0.2, 0.25) is 0 Å². The van der Waals surface area contributed by atoms with Gasteiger partial charge in [0.15, 0.2) is 6.10 Å². The molecule has 138 valence electrons. The Morgan fingerprint density at radius 3 is 2.81 bits per heavy atom. The SMILES string of the molecule is C[C@H](OC(=O)CCc1c[nH]c2ccccc12)C(=O)N1CCc2ccccc21. The molecule has 27 heavy (non-hydrogen) atoms. The lowest BCUT2D eigenvalue weighted by atomic mass is 10.1. The normalized spacial score (nSPS) is 14.2. The molecule has 1 amide bonds. The van der Waals surface area contributed by atoms with Gasteiger partial charge < -0.3 is 14.6 Å². The lowest BCUT2D eigenvalue weighted by Crippen LogP contribution is -2.39. The Bertz CT molecular complexity index is 992. The molecule has 0 fully saturated rings. The van der Waals surface area contributed by atoms with E-state index >= 15 is 0 Å². The third-order valence-corrected chi connectivity index (χ3v) is 5.08. The van der Waals surface area contributed by atoms with Crippen LogP contribution in [0, 0.1) is 0 Å². The van der Waals surface area contributed by atoms with E-state index in [9.17, 15) is 9.59 Å². The topological polar surface area (TPSA) is 62.4 Å². The van der Waals surface area contributed by atoms with Gasteiger partial charge in [-0.25, -0.2) is 0 Å². The smallest absolute Gasteiger partial charge is 0.306 e. The van der Waals surface area contributed by atoms with Crippen LogP contribution in [0.2, 0.25) is 0 Å². The predicted octanol–water partition coefficient (Wildman–Crippen LogP) is 3.62. The molecule has 5 heteroatoms. The maximum Gasteiger partial charge on any atom is 0.306 e. The van der Waals surface area contributed by atoms with Gasteiger partial charge in [-0.05, 0) is 43.0 Å². The quantitative estimate of drug-likeness (QED) is 0.705. The third kappa shape index (κ3) is 3.45. The van der Waals surface area contributed by atoms with Gasteiger partial charge in [0, 0.05) is 35.8 Å². The first-order valence-corrected chi connectivity index (χ1v) is 9.27. The fraction of sp³-hybridized carbons (Fsp3) is 0.273. The van der Waals surface area contributed by atoms with Crippen LogP contribution in [-0.4, -0.2) is 29.5 Å². The molecule has 2 aromatic carbocycles. The Hall–Kier alpha value is -3.08. The summed E-state index contributed by atoms with van der Waals surface area (Å²) in [6.07, 6.45) is 2.80. The standard InChI is InChI=1S/C22H22N2O3/c1-15(22(26)24-13-12-16-6-2-5-9-20(16)24)27-21(25)11-10-17-14-23-19-8-4-3-7-18(17)19/h2-9,14-15,23H,10-13H2,1H3/t15-/m0/s1. The highest BCUT2D eigenvalue weighted by Crippen LogP contribution is 2.28. The molecule has 1 aliphatic rings. The molecule has 0 saturated carbocycles. The molecular weight excluding hydrogens is 340 g/mol. The van der Waals surface area contributed by atoms with E-state index in [2.05, 4.69) is 4.98 Å². The number of ether oxygens (including phenoxy) is 1. The van der Waals surface area contributed by atoms with Crippen LogP contribution in [0.1, 0.15) is 24.5 Å². The van der Waals surface area contributed by atoms with Gasteiger partial charge in [-0.15, -0.1) is 0 Å². The van der Waals surface area contributed by atoms with Crippen molar-refractivity contribution >= 4 is 28.5 Å². The highest BCUT2D eigenvalue weighted by Gasteiger charge is 2.29. The van der Waals surface area contributed by atoms with Crippen molar-refractivity contribution in [1.82, 2.24) is 4.98 Å². The molecule has 0 bridgehead atoms. The summed E-state index contributed by atoms with van der Waals surface area (Å²) in [4.78, 5) is 29.9. The molecule has 1 N–H and O–H groups in total. The summed E-state index contributed by atoms with van der Waals surface area (Å²) in [7, 11) is 0. The van der Waals surface area contributed by atoms with E-state index in [1.165, 1.54) is 0 Å². The maximum atomic E-state index is 12.7. The lowest BCUT2D eigenvalue weighted by Gasteiger charge is -2.21. The van der Waals surface area contributed by atoms with Gasteiger partial charge in [0.1, 0.15) is 0 Å². The minimum Gasteiger partial charge on any atom is -0.453 e. The number of nitrogens with one attached hydrogen (secondary N) is 1. The van der Waals surface area contributed by atoms with Gasteiger partial charge in [0.05, 0.1) is 0 Å². The first kappa shape index (κ1) is 17.3. The number of aryl methyl sites for hydroxylation is 1. The molecular formula is C22H22N2O3. The molecule has 4 rings (SSSR count). The molecule has 0 radical (unpaired) electrons. The summed E-state index contributed by atoms with van der Waals surface area (Å²) >= 11 is 0. The number of carbonyl (C=O) groups is 2.